The molecule has 1 aromatic carbocycles. The number of amides is 1. The maximum absolute atomic E-state index is 12.4. The van der Waals surface area contributed by atoms with Crippen molar-refractivity contribution in [3.63, 3.8) is 0 Å². The molecule has 4 fully saturated rings. The van der Waals surface area contributed by atoms with Crippen LogP contribution in [0.25, 0.3) is 6.08 Å². The molecule has 1 amide bonds. The van der Waals surface area contributed by atoms with E-state index >= 15 is 0 Å². The standard InChI is InChI=1S/C21H24Cl3NO/c22-21(23,24)20(26)25-18(7-6-13-4-2-1-3-5-13)19-16-9-14-8-15(11-16)12-17(19)10-14/h1-7,14-19H,8-12H2,(H,25,26)/b7-6+/t14?,15?,16?,17?,18-,19?/m1/s1. The molecule has 0 aliphatic heterocycles. The van der Waals surface area contributed by atoms with Crippen LogP contribution in [0.4, 0.5) is 0 Å². The Labute approximate surface area is 170 Å². The fourth-order valence-corrected chi connectivity index (χ4v) is 6.00. The van der Waals surface area contributed by atoms with Gasteiger partial charge in [0, 0.05) is 0 Å². The van der Waals surface area contributed by atoms with Gasteiger partial charge in [0.2, 0.25) is 0 Å². The largest absolute Gasteiger partial charge is 0.346 e. The molecule has 0 saturated heterocycles. The van der Waals surface area contributed by atoms with Crippen LogP contribution in [0.3, 0.4) is 0 Å². The van der Waals surface area contributed by atoms with Crippen LogP contribution >= 0.6 is 34.8 Å². The fourth-order valence-electron chi connectivity index (χ4n) is 5.84. The van der Waals surface area contributed by atoms with Crippen molar-refractivity contribution in [1.29, 1.82) is 0 Å². The zero-order valence-electron chi connectivity index (χ0n) is 14.6. The van der Waals surface area contributed by atoms with Crippen LogP contribution < -0.4 is 5.32 Å². The van der Waals surface area contributed by atoms with E-state index in [1.807, 2.05) is 18.2 Å². The molecule has 2 nitrogen and oxygen atoms in total. The van der Waals surface area contributed by atoms with Gasteiger partial charge in [-0.25, -0.2) is 0 Å². The molecular weight excluding hydrogens is 389 g/mol. The van der Waals surface area contributed by atoms with Crippen molar-refractivity contribution in [2.24, 2.45) is 29.6 Å². The number of halogens is 3. The highest BCUT2D eigenvalue weighted by atomic mass is 35.6. The van der Waals surface area contributed by atoms with E-state index in [4.69, 9.17) is 34.8 Å². The van der Waals surface area contributed by atoms with Crippen molar-refractivity contribution in [2.75, 3.05) is 0 Å². The Morgan fingerprint density at radius 3 is 2.12 bits per heavy atom. The van der Waals surface area contributed by atoms with Crippen molar-refractivity contribution >= 4 is 46.8 Å². The topological polar surface area (TPSA) is 29.1 Å². The molecule has 0 spiro atoms. The Kier molecular flexibility index (Phi) is 5.29. The first-order chi connectivity index (χ1) is 12.4. The number of carbonyl (C=O) groups excluding carboxylic acids is 1. The van der Waals surface area contributed by atoms with Gasteiger partial charge in [0.05, 0.1) is 6.04 Å². The first kappa shape index (κ1) is 18.7. The molecule has 0 heterocycles. The lowest BCUT2D eigenvalue weighted by Crippen LogP contribution is -2.54. The number of carbonyl (C=O) groups is 1. The maximum atomic E-state index is 12.4. The van der Waals surface area contributed by atoms with Gasteiger partial charge in [-0.05, 0) is 67.3 Å². The summed E-state index contributed by atoms with van der Waals surface area (Å²) in [5, 5.41) is 3.03. The third kappa shape index (κ3) is 3.93. The highest BCUT2D eigenvalue weighted by Crippen LogP contribution is 2.57. The van der Waals surface area contributed by atoms with Crippen LogP contribution in [-0.2, 0) is 4.79 Å². The number of hydrogen-bond donors (Lipinski definition) is 1. The predicted octanol–water partition coefficient (Wildman–Crippen LogP) is 5.63. The van der Waals surface area contributed by atoms with Crippen molar-refractivity contribution < 1.29 is 4.79 Å². The summed E-state index contributed by atoms with van der Waals surface area (Å²) in [5.41, 5.74) is 1.12. The van der Waals surface area contributed by atoms with Crippen molar-refractivity contribution in [3.05, 3.63) is 42.0 Å². The van der Waals surface area contributed by atoms with Crippen LogP contribution in [0, 0.1) is 29.6 Å². The molecule has 0 aromatic heterocycles. The summed E-state index contributed by atoms with van der Waals surface area (Å²) in [6, 6.07) is 10.0. The van der Waals surface area contributed by atoms with E-state index in [1.165, 1.54) is 32.1 Å². The summed E-state index contributed by atoms with van der Waals surface area (Å²) in [6.07, 6.45) is 10.7. The maximum Gasteiger partial charge on any atom is 0.272 e. The number of benzene rings is 1. The van der Waals surface area contributed by atoms with Crippen LogP contribution in [0.2, 0.25) is 0 Å². The Balaban J connectivity index is 1.58. The van der Waals surface area contributed by atoms with Crippen molar-refractivity contribution in [2.45, 2.75) is 41.9 Å². The van der Waals surface area contributed by atoms with Crippen molar-refractivity contribution in [3.8, 4) is 0 Å². The van der Waals surface area contributed by atoms with Gasteiger partial charge in [0.15, 0.2) is 0 Å². The van der Waals surface area contributed by atoms with Gasteiger partial charge in [-0.1, -0.05) is 77.3 Å². The second-order valence-corrected chi connectivity index (χ2v) is 10.6. The first-order valence-corrected chi connectivity index (χ1v) is 10.6. The van der Waals surface area contributed by atoms with E-state index < -0.39 is 9.70 Å². The van der Waals surface area contributed by atoms with E-state index in [0.717, 1.165) is 17.4 Å². The third-order valence-electron chi connectivity index (χ3n) is 6.57. The van der Waals surface area contributed by atoms with Crippen LogP contribution in [0.1, 0.15) is 37.7 Å². The molecule has 4 aliphatic carbocycles. The average molecular weight is 413 g/mol. The van der Waals surface area contributed by atoms with Gasteiger partial charge >= 0.3 is 0 Å². The fraction of sp³-hybridized carbons (Fsp3) is 0.571. The number of alkyl halides is 3. The van der Waals surface area contributed by atoms with Crippen LogP contribution in [0.15, 0.2) is 36.4 Å². The predicted molar refractivity (Wildman–Crippen MR) is 108 cm³/mol. The zero-order chi connectivity index (χ0) is 18.3. The summed E-state index contributed by atoms with van der Waals surface area (Å²) in [7, 11) is 0. The minimum Gasteiger partial charge on any atom is -0.346 e. The van der Waals surface area contributed by atoms with Gasteiger partial charge in [0.25, 0.3) is 9.70 Å². The summed E-state index contributed by atoms with van der Waals surface area (Å²) in [6.45, 7) is 0. The molecule has 4 saturated carbocycles. The SMILES string of the molecule is O=C(N[C@H](/C=C/c1ccccc1)C1C2CC3CC(C2)CC1C3)C(Cl)(Cl)Cl. The minimum absolute atomic E-state index is 0.0895. The summed E-state index contributed by atoms with van der Waals surface area (Å²) < 4.78 is -1.93. The summed E-state index contributed by atoms with van der Waals surface area (Å²) in [5.74, 6) is 3.03. The molecular formula is C21H24Cl3NO. The number of rotatable bonds is 4. The Morgan fingerprint density at radius 2 is 1.58 bits per heavy atom. The molecule has 0 unspecified atom stereocenters. The zero-order valence-corrected chi connectivity index (χ0v) is 16.9. The van der Waals surface area contributed by atoms with E-state index in [-0.39, 0.29) is 6.04 Å². The lowest BCUT2D eigenvalue weighted by Gasteiger charge is -2.56. The number of nitrogens with one attached hydrogen (secondary N) is 1. The Morgan fingerprint density at radius 1 is 1.00 bits per heavy atom. The van der Waals surface area contributed by atoms with E-state index in [0.29, 0.717) is 17.8 Å². The smallest absolute Gasteiger partial charge is 0.272 e. The molecule has 140 valence electrons. The lowest BCUT2D eigenvalue weighted by molar-refractivity contribution is -0.122. The molecule has 4 bridgehead atoms. The van der Waals surface area contributed by atoms with E-state index in [1.54, 1.807) is 0 Å². The molecule has 1 aromatic rings. The highest BCUT2D eigenvalue weighted by molar-refractivity contribution is 6.76. The van der Waals surface area contributed by atoms with Crippen LogP contribution in [0.5, 0.6) is 0 Å². The Bertz CT molecular complexity index is 654. The van der Waals surface area contributed by atoms with Gasteiger partial charge in [-0.3, -0.25) is 4.79 Å². The molecule has 4 aliphatic rings. The minimum atomic E-state index is -1.93. The normalized spacial score (nSPS) is 34.2. The van der Waals surface area contributed by atoms with Crippen LogP contribution in [-0.4, -0.2) is 15.7 Å². The van der Waals surface area contributed by atoms with Gasteiger partial charge in [-0.2, -0.15) is 0 Å². The van der Waals surface area contributed by atoms with Gasteiger partial charge in [0.1, 0.15) is 0 Å². The first-order valence-electron chi connectivity index (χ1n) is 9.51. The van der Waals surface area contributed by atoms with Crippen molar-refractivity contribution in [1.82, 2.24) is 5.32 Å². The second-order valence-electron chi connectivity index (χ2n) is 8.27. The summed E-state index contributed by atoms with van der Waals surface area (Å²) in [4.78, 5) is 12.4. The summed E-state index contributed by atoms with van der Waals surface area (Å²) >= 11 is 17.5. The second kappa shape index (κ2) is 7.37. The molecule has 0 radical (unpaired) electrons. The molecule has 1 N–H and O–H groups in total. The van der Waals surface area contributed by atoms with Gasteiger partial charge in [-0.15, -0.1) is 0 Å². The third-order valence-corrected chi connectivity index (χ3v) is 7.08. The Hall–Kier alpha value is -0.700. The monoisotopic (exact) mass is 411 g/mol. The molecule has 5 rings (SSSR count). The van der Waals surface area contributed by atoms with E-state index in [9.17, 15) is 4.79 Å². The molecule has 5 heteroatoms. The molecule has 1 atom stereocenters. The van der Waals surface area contributed by atoms with E-state index in [2.05, 4.69) is 29.6 Å². The lowest BCUT2D eigenvalue weighted by atomic mass is 9.50. The highest BCUT2D eigenvalue weighted by Gasteiger charge is 2.50. The quantitative estimate of drug-likeness (QED) is 0.638. The molecule has 26 heavy (non-hydrogen) atoms. The average Bonchev–Trinajstić information content (AvgIpc) is 2.58. The number of hydrogen-bond acceptors (Lipinski definition) is 1. The van der Waals surface area contributed by atoms with Gasteiger partial charge < -0.3 is 5.32 Å².